The Morgan fingerprint density at radius 3 is 3.17 bits per heavy atom. The summed E-state index contributed by atoms with van der Waals surface area (Å²) in [4.78, 5) is 0. The maximum atomic E-state index is 5.61. The minimum atomic E-state index is 0.460. The van der Waals surface area contributed by atoms with E-state index >= 15 is 0 Å². The zero-order valence-electron chi connectivity index (χ0n) is 7.88. The van der Waals surface area contributed by atoms with Crippen LogP contribution in [0.1, 0.15) is 32.6 Å². The maximum absolute atomic E-state index is 5.61. The van der Waals surface area contributed by atoms with E-state index < -0.39 is 0 Å². The van der Waals surface area contributed by atoms with Crippen LogP contribution in [0.15, 0.2) is 11.6 Å². The molecule has 2 N–H and O–H groups in total. The molecule has 70 valence electrons. The fourth-order valence-electron chi connectivity index (χ4n) is 1.67. The first-order chi connectivity index (χ1) is 5.86. The molecule has 1 unspecified atom stereocenters. The Bertz CT molecular complexity index is 152. The molecule has 0 amide bonds. The van der Waals surface area contributed by atoms with Gasteiger partial charge >= 0.3 is 0 Å². The minimum Gasteiger partial charge on any atom is -0.378 e. The minimum absolute atomic E-state index is 0.460. The van der Waals surface area contributed by atoms with Gasteiger partial charge < -0.3 is 10.5 Å². The SMILES string of the molecule is CCCC1C/C(=C\CN)CCO1. The molecule has 1 atom stereocenters. The molecular formula is C10H19NO. The van der Waals surface area contributed by atoms with Crippen molar-refractivity contribution in [2.45, 2.75) is 38.7 Å². The van der Waals surface area contributed by atoms with Gasteiger partial charge in [-0.25, -0.2) is 0 Å². The zero-order valence-corrected chi connectivity index (χ0v) is 7.88. The summed E-state index contributed by atoms with van der Waals surface area (Å²) < 4.78 is 5.61. The molecule has 12 heavy (non-hydrogen) atoms. The molecule has 0 spiro atoms. The quantitative estimate of drug-likeness (QED) is 0.654. The standard InChI is InChI=1S/C10H19NO/c1-2-3-10-8-9(4-6-11)5-7-12-10/h4,10H,2-3,5-8,11H2,1H3/b9-4-. The number of ether oxygens (including phenoxy) is 1. The summed E-state index contributed by atoms with van der Waals surface area (Å²) in [6.07, 6.45) is 7.18. The van der Waals surface area contributed by atoms with E-state index in [1.807, 2.05) is 0 Å². The Morgan fingerprint density at radius 1 is 1.67 bits per heavy atom. The van der Waals surface area contributed by atoms with Crippen molar-refractivity contribution in [3.05, 3.63) is 11.6 Å². The van der Waals surface area contributed by atoms with E-state index in [0.717, 1.165) is 19.4 Å². The Labute approximate surface area is 74.8 Å². The molecule has 1 fully saturated rings. The molecule has 2 nitrogen and oxygen atoms in total. The topological polar surface area (TPSA) is 35.2 Å². The van der Waals surface area contributed by atoms with Crippen LogP contribution in [-0.2, 0) is 4.74 Å². The molecule has 0 radical (unpaired) electrons. The third-order valence-electron chi connectivity index (χ3n) is 2.28. The molecule has 0 saturated carbocycles. The molecule has 1 aliphatic rings. The van der Waals surface area contributed by atoms with Crippen molar-refractivity contribution >= 4 is 0 Å². The summed E-state index contributed by atoms with van der Waals surface area (Å²) >= 11 is 0. The summed E-state index contributed by atoms with van der Waals surface area (Å²) in [6, 6.07) is 0. The summed E-state index contributed by atoms with van der Waals surface area (Å²) in [6.45, 7) is 3.76. The van der Waals surface area contributed by atoms with Crippen molar-refractivity contribution < 1.29 is 4.74 Å². The largest absolute Gasteiger partial charge is 0.378 e. The summed E-state index contributed by atoms with van der Waals surface area (Å²) in [5, 5.41) is 0. The highest BCUT2D eigenvalue weighted by Crippen LogP contribution is 2.21. The Hall–Kier alpha value is -0.340. The van der Waals surface area contributed by atoms with Crippen molar-refractivity contribution in [2.75, 3.05) is 13.2 Å². The first-order valence-corrected chi connectivity index (χ1v) is 4.86. The summed E-state index contributed by atoms with van der Waals surface area (Å²) in [5.74, 6) is 0. The third kappa shape index (κ3) is 2.95. The molecule has 2 heteroatoms. The highest BCUT2D eigenvalue weighted by Gasteiger charge is 2.15. The van der Waals surface area contributed by atoms with Gasteiger partial charge in [0, 0.05) is 6.54 Å². The average molecular weight is 169 g/mol. The molecule has 1 aliphatic heterocycles. The van der Waals surface area contributed by atoms with Gasteiger partial charge in [0.15, 0.2) is 0 Å². The number of rotatable bonds is 3. The van der Waals surface area contributed by atoms with Gasteiger partial charge in [0.05, 0.1) is 12.7 Å². The molecule has 1 rings (SSSR count). The number of hydrogen-bond donors (Lipinski definition) is 1. The Kier molecular flexibility index (Phi) is 4.33. The van der Waals surface area contributed by atoms with Crippen molar-refractivity contribution in [3.63, 3.8) is 0 Å². The molecule has 0 aromatic heterocycles. The number of hydrogen-bond acceptors (Lipinski definition) is 2. The van der Waals surface area contributed by atoms with E-state index in [2.05, 4.69) is 13.0 Å². The van der Waals surface area contributed by atoms with E-state index in [-0.39, 0.29) is 0 Å². The van der Waals surface area contributed by atoms with Gasteiger partial charge in [0.25, 0.3) is 0 Å². The number of nitrogens with two attached hydrogens (primary N) is 1. The van der Waals surface area contributed by atoms with Gasteiger partial charge in [-0.2, -0.15) is 0 Å². The van der Waals surface area contributed by atoms with Crippen LogP contribution in [0.4, 0.5) is 0 Å². The van der Waals surface area contributed by atoms with Crippen molar-refractivity contribution in [3.8, 4) is 0 Å². The van der Waals surface area contributed by atoms with E-state index in [9.17, 15) is 0 Å². The van der Waals surface area contributed by atoms with Gasteiger partial charge in [0.2, 0.25) is 0 Å². The second kappa shape index (κ2) is 5.33. The summed E-state index contributed by atoms with van der Waals surface area (Å²) in [7, 11) is 0. The third-order valence-corrected chi connectivity index (χ3v) is 2.28. The van der Waals surface area contributed by atoms with Gasteiger partial charge in [-0.15, -0.1) is 0 Å². The Balaban J connectivity index is 2.35. The molecule has 0 aromatic rings. The van der Waals surface area contributed by atoms with Crippen LogP contribution in [0.25, 0.3) is 0 Å². The predicted molar refractivity (Wildman–Crippen MR) is 51.0 cm³/mol. The first kappa shape index (κ1) is 9.75. The van der Waals surface area contributed by atoms with Crippen LogP contribution in [0.3, 0.4) is 0 Å². The van der Waals surface area contributed by atoms with Crippen LogP contribution >= 0.6 is 0 Å². The Morgan fingerprint density at radius 2 is 2.50 bits per heavy atom. The lowest BCUT2D eigenvalue weighted by Crippen LogP contribution is -2.20. The monoisotopic (exact) mass is 169 g/mol. The second-order valence-electron chi connectivity index (χ2n) is 3.33. The van der Waals surface area contributed by atoms with Gasteiger partial charge in [-0.05, 0) is 19.3 Å². The molecule has 0 bridgehead atoms. The maximum Gasteiger partial charge on any atom is 0.0612 e. The van der Waals surface area contributed by atoms with Crippen LogP contribution in [0.5, 0.6) is 0 Å². The van der Waals surface area contributed by atoms with Crippen LogP contribution in [0, 0.1) is 0 Å². The van der Waals surface area contributed by atoms with Crippen molar-refractivity contribution in [1.82, 2.24) is 0 Å². The molecular weight excluding hydrogens is 150 g/mol. The smallest absolute Gasteiger partial charge is 0.0612 e. The lowest BCUT2D eigenvalue weighted by atomic mass is 9.99. The molecule has 1 saturated heterocycles. The van der Waals surface area contributed by atoms with E-state index in [4.69, 9.17) is 10.5 Å². The van der Waals surface area contributed by atoms with E-state index in [1.165, 1.54) is 18.4 Å². The second-order valence-corrected chi connectivity index (χ2v) is 3.33. The van der Waals surface area contributed by atoms with Crippen LogP contribution in [-0.4, -0.2) is 19.3 Å². The van der Waals surface area contributed by atoms with Gasteiger partial charge in [-0.1, -0.05) is 25.0 Å². The van der Waals surface area contributed by atoms with E-state index in [1.54, 1.807) is 0 Å². The van der Waals surface area contributed by atoms with Gasteiger partial charge in [-0.3, -0.25) is 0 Å². The lowest BCUT2D eigenvalue weighted by Gasteiger charge is -2.24. The van der Waals surface area contributed by atoms with Crippen LogP contribution in [0.2, 0.25) is 0 Å². The van der Waals surface area contributed by atoms with E-state index in [0.29, 0.717) is 12.6 Å². The van der Waals surface area contributed by atoms with Crippen LogP contribution < -0.4 is 5.73 Å². The predicted octanol–water partition coefficient (Wildman–Crippen LogP) is 1.85. The van der Waals surface area contributed by atoms with Gasteiger partial charge in [0.1, 0.15) is 0 Å². The highest BCUT2D eigenvalue weighted by atomic mass is 16.5. The van der Waals surface area contributed by atoms with Crippen molar-refractivity contribution in [2.24, 2.45) is 5.73 Å². The molecule has 0 aliphatic carbocycles. The average Bonchev–Trinajstić information content (AvgIpc) is 2.06. The molecule has 0 aromatic carbocycles. The zero-order chi connectivity index (χ0) is 8.81. The normalized spacial score (nSPS) is 27.8. The summed E-state index contributed by atoms with van der Waals surface area (Å²) in [5.41, 5.74) is 6.95. The fraction of sp³-hybridized carbons (Fsp3) is 0.800. The fourth-order valence-corrected chi connectivity index (χ4v) is 1.67. The molecule has 1 heterocycles. The first-order valence-electron chi connectivity index (χ1n) is 4.86. The van der Waals surface area contributed by atoms with Crippen molar-refractivity contribution in [1.29, 1.82) is 0 Å². The lowest BCUT2D eigenvalue weighted by molar-refractivity contribution is 0.0300. The highest BCUT2D eigenvalue weighted by molar-refractivity contribution is 5.06.